The molecule has 0 saturated carbocycles. The van der Waals surface area contributed by atoms with Crippen LogP contribution in [0.5, 0.6) is 0 Å². The van der Waals surface area contributed by atoms with Crippen molar-refractivity contribution in [1.82, 2.24) is 10.3 Å². The van der Waals surface area contributed by atoms with Crippen LogP contribution in [0.2, 0.25) is 0 Å². The molecule has 0 spiro atoms. The fourth-order valence-electron chi connectivity index (χ4n) is 3.13. The molecule has 3 aromatic rings. The molecular weight excluding hydrogens is 403 g/mol. The molecule has 2 heterocycles. The van der Waals surface area contributed by atoms with E-state index in [4.69, 9.17) is 5.11 Å². The van der Waals surface area contributed by atoms with Gasteiger partial charge in [0.05, 0.1) is 23.6 Å². The molecule has 8 nitrogen and oxygen atoms in total. The van der Waals surface area contributed by atoms with Crippen molar-refractivity contribution in [3.8, 4) is 0 Å². The van der Waals surface area contributed by atoms with Crippen LogP contribution in [0, 0.1) is 5.82 Å². The molecular formula is C22H17FN4O4. The highest BCUT2D eigenvalue weighted by molar-refractivity contribution is 6.35. The van der Waals surface area contributed by atoms with Crippen LogP contribution in [0.25, 0.3) is 11.6 Å². The second-order valence-corrected chi connectivity index (χ2v) is 6.78. The third-order valence-electron chi connectivity index (χ3n) is 4.69. The Bertz CT molecular complexity index is 1200. The summed E-state index contributed by atoms with van der Waals surface area (Å²) in [6.45, 7) is -0.168. The Hall–Kier alpha value is -4.24. The van der Waals surface area contributed by atoms with E-state index in [9.17, 15) is 18.8 Å². The zero-order valence-electron chi connectivity index (χ0n) is 16.0. The molecule has 0 radical (unpaired) electrons. The fraction of sp³-hybridized carbons (Fsp3) is 0.0455. The van der Waals surface area contributed by atoms with Gasteiger partial charge < -0.3 is 20.7 Å². The molecule has 1 aliphatic heterocycles. The molecule has 9 heteroatoms. The van der Waals surface area contributed by atoms with E-state index in [-0.39, 0.29) is 23.4 Å². The van der Waals surface area contributed by atoms with E-state index in [0.29, 0.717) is 22.5 Å². The standard InChI is InChI=1S/C22H17FN4O4/c23-17-9-15-16(8-14-2-1-7-24-14)21(30)25-18(15)10-19(17)26-22(31)27-20(29)13-5-3-12(11-28)4-6-13/h1-10,24,28H,11H2,(H,25,30)(H2,26,27,29,31)/b16-8-. The molecule has 0 aliphatic carbocycles. The van der Waals surface area contributed by atoms with Crippen LogP contribution in [0.15, 0.2) is 54.7 Å². The van der Waals surface area contributed by atoms with Crippen molar-refractivity contribution in [2.24, 2.45) is 0 Å². The van der Waals surface area contributed by atoms with Crippen molar-refractivity contribution in [2.75, 3.05) is 10.6 Å². The summed E-state index contributed by atoms with van der Waals surface area (Å²) in [5, 5.41) is 16.0. The van der Waals surface area contributed by atoms with Gasteiger partial charge >= 0.3 is 6.03 Å². The van der Waals surface area contributed by atoms with Crippen LogP contribution in [0.1, 0.15) is 27.2 Å². The average molecular weight is 420 g/mol. The first-order valence-electron chi connectivity index (χ1n) is 9.27. The molecule has 5 N–H and O–H groups in total. The van der Waals surface area contributed by atoms with Crippen molar-refractivity contribution in [3.05, 3.63) is 82.9 Å². The number of benzene rings is 2. The van der Waals surface area contributed by atoms with Gasteiger partial charge in [-0.05, 0) is 48.0 Å². The fourth-order valence-corrected chi connectivity index (χ4v) is 3.13. The van der Waals surface area contributed by atoms with Crippen LogP contribution < -0.4 is 16.0 Å². The van der Waals surface area contributed by atoms with Crippen LogP contribution in [-0.4, -0.2) is 27.9 Å². The number of H-pyrrole nitrogens is 1. The summed E-state index contributed by atoms with van der Waals surface area (Å²) in [4.78, 5) is 39.5. The van der Waals surface area contributed by atoms with E-state index in [1.165, 1.54) is 18.2 Å². The number of fused-ring (bicyclic) bond motifs is 1. The summed E-state index contributed by atoms with van der Waals surface area (Å²) in [7, 11) is 0. The minimum Gasteiger partial charge on any atom is -0.392 e. The number of aliphatic hydroxyl groups is 1. The number of imide groups is 1. The summed E-state index contributed by atoms with van der Waals surface area (Å²) in [6.07, 6.45) is 3.30. The normalized spacial score (nSPS) is 13.6. The summed E-state index contributed by atoms with van der Waals surface area (Å²) in [5.41, 5.74) is 2.30. The Morgan fingerprint density at radius 2 is 1.90 bits per heavy atom. The number of urea groups is 1. The number of aromatic amines is 1. The third-order valence-corrected chi connectivity index (χ3v) is 4.69. The van der Waals surface area contributed by atoms with E-state index in [1.807, 2.05) is 0 Å². The Kier molecular flexibility index (Phi) is 5.33. The maximum Gasteiger partial charge on any atom is 0.326 e. The number of hydrogen-bond acceptors (Lipinski definition) is 4. The van der Waals surface area contributed by atoms with E-state index < -0.39 is 23.7 Å². The lowest BCUT2D eigenvalue weighted by Crippen LogP contribution is -2.34. The molecule has 4 rings (SSSR count). The Labute approximate surface area is 175 Å². The average Bonchev–Trinajstić information content (AvgIpc) is 3.37. The molecule has 0 unspecified atom stereocenters. The van der Waals surface area contributed by atoms with Gasteiger partial charge in [-0.3, -0.25) is 14.9 Å². The van der Waals surface area contributed by atoms with Gasteiger partial charge in [0.2, 0.25) is 0 Å². The molecule has 2 aromatic carbocycles. The van der Waals surface area contributed by atoms with Crippen molar-refractivity contribution in [1.29, 1.82) is 0 Å². The number of hydrogen-bond donors (Lipinski definition) is 5. The smallest absolute Gasteiger partial charge is 0.326 e. The van der Waals surface area contributed by atoms with E-state index in [0.717, 1.165) is 6.07 Å². The lowest BCUT2D eigenvalue weighted by molar-refractivity contribution is -0.110. The van der Waals surface area contributed by atoms with Crippen LogP contribution in [0.4, 0.5) is 20.6 Å². The second-order valence-electron chi connectivity index (χ2n) is 6.78. The van der Waals surface area contributed by atoms with Gasteiger partial charge in [0, 0.05) is 23.0 Å². The topological polar surface area (TPSA) is 123 Å². The van der Waals surface area contributed by atoms with Crippen molar-refractivity contribution < 1.29 is 23.9 Å². The highest BCUT2D eigenvalue weighted by Crippen LogP contribution is 2.36. The number of rotatable bonds is 4. The highest BCUT2D eigenvalue weighted by Gasteiger charge is 2.26. The minimum atomic E-state index is -0.929. The summed E-state index contributed by atoms with van der Waals surface area (Å²) in [5.74, 6) is -1.84. The molecule has 0 saturated heterocycles. The predicted octanol–water partition coefficient (Wildman–Crippen LogP) is 3.10. The van der Waals surface area contributed by atoms with Gasteiger partial charge in [0.25, 0.3) is 11.8 Å². The number of aromatic nitrogens is 1. The molecule has 0 atom stereocenters. The predicted molar refractivity (Wildman–Crippen MR) is 113 cm³/mol. The number of carbonyl (C=O) groups is 3. The summed E-state index contributed by atoms with van der Waals surface area (Å²) < 4.78 is 14.6. The molecule has 156 valence electrons. The largest absolute Gasteiger partial charge is 0.392 e. The van der Waals surface area contributed by atoms with Crippen molar-refractivity contribution >= 4 is 40.9 Å². The van der Waals surface area contributed by atoms with Gasteiger partial charge in [-0.25, -0.2) is 9.18 Å². The SMILES string of the molecule is O=C(NC(=O)c1ccc(CO)cc1)Nc1cc2c(cc1F)/C(=C/c1ccc[nH]1)C(=O)N2. The first-order valence-corrected chi connectivity index (χ1v) is 9.27. The van der Waals surface area contributed by atoms with Crippen molar-refractivity contribution in [3.63, 3.8) is 0 Å². The Morgan fingerprint density at radius 1 is 1.13 bits per heavy atom. The molecule has 1 aromatic heterocycles. The maximum atomic E-state index is 14.6. The number of amides is 4. The Morgan fingerprint density at radius 3 is 2.58 bits per heavy atom. The maximum absolute atomic E-state index is 14.6. The molecule has 0 fully saturated rings. The second kappa shape index (κ2) is 8.25. The van der Waals surface area contributed by atoms with Crippen molar-refractivity contribution in [2.45, 2.75) is 6.61 Å². The van der Waals surface area contributed by atoms with E-state index in [2.05, 4.69) is 20.9 Å². The third kappa shape index (κ3) is 4.21. The number of anilines is 2. The van der Waals surface area contributed by atoms with Crippen LogP contribution in [-0.2, 0) is 11.4 Å². The summed E-state index contributed by atoms with van der Waals surface area (Å²) in [6, 6.07) is 11.1. The zero-order valence-corrected chi connectivity index (χ0v) is 16.0. The number of halogens is 1. The molecule has 31 heavy (non-hydrogen) atoms. The number of carbonyl (C=O) groups excluding carboxylic acids is 3. The number of aliphatic hydroxyl groups excluding tert-OH is 1. The van der Waals surface area contributed by atoms with Gasteiger partial charge in [0.15, 0.2) is 0 Å². The van der Waals surface area contributed by atoms with E-state index in [1.54, 1.807) is 36.5 Å². The first kappa shape index (κ1) is 20.0. The lowest BCUT2D eigenvalue weighted by Gasteiger charge is -2.10. The first-order chi connectivity index (χ1) is 14.9. The van der Waals surface area contributed by atoms with Gasteiger partial charge in [-0.2, -0.15) is 0 Å². The quantitative estimate of drug-likeness (QED) is 0.416. The lowest BCUT2D eigenvalue weighted by atomic mass is 10.1. The molecule has 0 bridgehead atoms. The summed E-state index contributed by atoms with van der Waals surface area (Å²) >= 11 is 0. The van der Waals surface area contributed by atoms with Crippen LogP contribution >= 0.6 is 0 Å². The minimum absolute atomic E-state index is 0.168. The van der Waals surface area contributed by atoms with Gasteiger partial charge in [0.1, 0.15) is 5.82 Å². The van der Waals surface area contributed by atoms with Gasteiger partial charge in [-0.15, -0.1) is 0 Å². The molecule has 4 amide bonds. The van der Waals surface area contributed by atoms with E-state index >= 15 is 0 Å². The monoisotopic (exact) mass is 420 g/mol. The molecule has 1 aliphatic rings. The van der Waals surface area contributed by atoms with Crippen LogP contribution in [0.3, 0.4) is 0 Å². The highest BCUT2D eigenvalue weighted by atomic mass is 19.1. The number of nitrogens with one attached hydrogen (secondary N) is 4. The zero-order chi connectivity index (χ0) is 22.0. The van der Waals surface area contributed by atoms with Gasteiger partial charge in [-0.1, -0.05) is 12.1 Å². The Balaban J connectivity index is 1.49.